The lowest BCUT2D eigenvalue weighted by Gasteiger charge is -1.96. The van der Waals surface area contributed by atoms with E-state index in [2.05, 4.69) is 31.9 Å². The third-order valence-corrected chi connectivity index (χ3v) is 2.50. The van der Waals surface area contributed by atoms with Gasteiger partial charge in [-0.2, -0.15) is 0 Å². The zero-order valence-corrected chi connectivity index (χ0v) is 7.03. The van der Waals surface area contributed by atoms with Crippen LogP contribution in [-0.2, 0) is 0 Å². The highest BCUT2D eigenvalue weighted by atomic mass is 79.9. The average Bonchev–Trinajstić information content (AvgIpc) is 1.65. The zero-order valence-electron chi connectivity index (χ0n) is 3.86. The number of hydrogen-bond acceptors (Lipinski definition) is 1. The van der Waals surface area contributed by atoms with Crippen LogP contribution in [0.1, 0.15) is 6.92 Å². The van der Waals surface area contributed by atoms with E-state index in [0.717, 1.165) is 4.48 Å². The molecule has 0 amide bonds. The molecule has 0 aromatic heterocycles. The Balaban J connectivity index is 3.56. The summed E-state index contributed by atoms with van der Waals surface area (Å²) in [5.41, 5.74) is 0. The van der Waals surface area contributed by atoms with Crippen molar-refractivity contribution in [2.45, 2.75) is 13.0 Å². The quantitative estimate of drug-likeness (QED) is 0.730. The van der Waals surface area contributed by atoms with E-state index in [1.54, 1.807) is 11.9 Å². The first-order valence-electron chi connectivity index (χ1n) is 1.82. The molecule has 1 unspecified atom stereocenters. The average molecular weight is 230 g/mol. The van der Waals surface area contributed by atoms with E-state index in [1.807, 2.05) is 0 Å². The van der Waals surface area contributed by atoms with Gasteiger partial charge in [-0.3, -0.25) is 0 Å². The maximum Gasteiger partial charge on any atom is 0.0831 e. The SMILES string of the molecule is CC(O)/C(Br)=C\Br. The van der Waals surface area contributed by atoms with Crippen LogP contribution in [0.25, 0.3) is 0 Å². The van der Waals surface area contributed by atoms with Crippen molar-refractivity contribution in [1.29, 1.82) is 0 Å². The summed E-state index contributed by atoms with van der Waals surface area (Å²) in [6, 6.07) is 0. The predicted molar refractivity (Wildman–Crippen MR) is 37.6 cm³/mol. The molecule has 0 radical (unpaired) electrons. The smallest absolute Gasteiger partial charge is 0.0831 e. The largest absolute Gasteiger partial charge is 0.388 e. The molecule has 0 saturated carbocycles. The highest BCUT2D eigenvalue weighted by molar-refractivity contribution is 9.14. The first-order chi connectivity index (χ1) is 3.18. The first kappa shape index (κ1) is 7.66. The van der Waals surface area contributed by atoms with Gasteiger partial charge in [0.15, 0.2) is 0 Å². The molecule has 1 atom stereocenters. The third kappa shape index (κ3) is 3.26. The number of hydrogen-bond donors (Lipinski definition) is 1. The second-order valence-corrected chi connectivity index (χ2v) is 2.54. The molecular weight excluding hydrogens is 224 g/mol. The van der Waals surface area contributed by atoms with Gasteiger partial charge in [-0.1, -0.05) is 31.9 Å². The second-order valence-electron chi connectivity index (χ2n) is 1.17. The maximum atomic E-state index is 8.68. The topological polar surface area (TPSA) is 20.2 Å². The lowest BCUT2D eigenvalue weighted by molar-refractivity contribution is 0.241. The van der Waals surface area contributed by atoms with Crippen LogP contribution in [0.5, 0.6) is 0 Å². The molecule has 3 heteroatoms. The van der Waals surface area contributed by atoms with Crippen LogP contribution in [0.2, 0.25) is 0 Å². The Labute approximate surface area is 59.7 Å². The molecule has 7 heavy (non-hydrogen) atoms. The third-order valence-electron chi connectivity index (χ3n) is 0.503. The van der Waals surface area contributed by atoms with E-state index < -0.39 is 6.10 Å². The Morgan fingerprint density at radius 3 is 2.29 bits per heavy atom. The number of aliphatic hydroxyl groups excluding tert-OH is 1. The molecule has 0 aliphatic carbocycles. The van der Waals surface area contributed by atoms with Gasteiger partial charge in [0.05, 0.1) is 6.10 Å². The summed E-state index contributed by atoms with van der Waals surface area (Å²) in [5.74, 6) is 0. The lowest BCUT2D eigenvalue weighted by Crippen LogP contribution is -1.96. The van der Waals surface area contributed by atoms with Crippen molar-refractivity contribution in [2.24, 2.45) is 0 Å². The molecule has 1 nitrogen and oxygen atoms in total. The van der Waals surface area contributed by atoms with Gasteiger partial charge in [0.2, 0.25) is 0 Å². The van der Waals surface area contributed by atoms with Crippen molar-refractivity contribution in [1.82, 2.24) is 0 Å². The van der Waals surface area contributed by atoms with Crippen molar-refractivity contribution in [2.75, 3.05) is 0 Å². The summed E-state index contributed by atoms with van der Waals surface area (Å²) in [4.78, 5) is 1.64. The summed E-state index contributed by atoms with van der Waals surface area (Å²) in [6.45, 7) is 1.68. The Morgan fingerprint density at radius 2 is 2.29 bits per heavy atom. The Bertz CT molecular complexity index is 77.8. The van der Waals surface area contributed by atoms with Crippen molar-refractivity contribution in [3.63, 3.8) is 0 Å². The predicted octanol–water partition coefficient (Wildman–Crippen LogP) is 2.00. The number of rotatable bonds is 1. The molecule has 0 aliphatic heterocycles. The molecule has 0 aliphatic rings. The van der Waals surface area contributed by atoms with Crippen molar-refractivity contribution in [3.05, 3.63) is 9.47 Å². The summed E-state index contributed by atoms with van der Waals surface area (Å²) in [5, 5.41) is 8.68. The van der Waals surface area contributed by atoms with Gasteiger partial charge in [-0.15, -0.1) is 0 Å². The molecule has 0 aromatic rings. The molecule has 0 saturated heterocycles. The fourth-order valence-electron chi connectivity index (χ4n) is 0.0912. The Morgan fingerprint density at radius 1 is 1.86 bits per heavy atom. The molecule has 0 fully saturated rings. The molecule has 0 heterocycles. The van der Waals surface area contributed by atoms with Gasteiger partial charge < -0.3 is 5.11 Å². The van der Waals surface area contributed by atoms with Gasteiger partial charge in [-0.25, -0.2) is 0 Å². The molecule has 0 bridgehead atoms. The number of halogens is 2. The molecule has 1 N–H and O–H groups in total. The van der Waals surface area contributed by atoms with Crippen LogP contribution >= 0.6 is 31.9 Å². The van der Waals surface area contributed by atoms with Gasteiger partial charge >= 0.3 is 0 Å². The Kier molecular flexibility index (Phi) is 3.98. The summed E-state index contributed by atoms with van der Waals surface area (Å²) >= 11 is 6.15. The minimum atomic E-state index is -0.403. The van der Waals surface area contributed by atoms with Gasteiger partial charge in [-0.05, 0) is 11.9 Å². The molecule has 0 spiro atoms. The summed E-state index contributed by atoms with van der Waals surface area (Å²) in [7, 11) is 0. The first-order valence-corrected chi connectivity index (χ1v) is 3.53. The molecule has 0 rings (SSSR count). The minimum absolute atomic E-state index is 0.403. The normalized spacial score (nSPS) is 16.9. The highest BCUT2D eigenvalue weighted by Gasteiger charge is 1.95. The van der Waals surface area contributed by atoms with Crippen molar-refractivity contribution < 1.29 is 5.11 Å². The van der Waals surface area contributed by atoms with Crippen LogP contribution in [0.3, 0.4) is 0 Å². The fraction of sp³-hybridized carbons (Fsp3) is 0.500. The van der Waals surface area contributed by atoms with Crippen LogP contribution in [0.4, 0.5) is 0 Å². The Hall–Kier alpha value is 0.660. The van der Waals surface area contributed by atoms with Crippen LogP contribution < -0.4 is 0 Å². The fourth-order valence-corrected chi connectivity index (χ4v) is 0.474. The summed E-state index contributed by atoms with van der Waals surface area (Å²) in [6.07, 6.45) is -0.403. The van der Waals surface area contributed by atoms with E-state index in [9.17, 15) is 0 Å². The van der Waals surface area contributed by atoms with E-state index in [1.165, 1.54) is 0 Å². The molecule has 0 aromatic carbocycles. The maximum absolute atomic E-state index is 8.68. The number of aliphatic hydroxyl groups is 1. The van der Waals surface area contributed by atoms with Crippen molar-refractivity contribution in [3.8, 4) is 0 Å². The zero-order chi connectivity index (χ0) is 5.86. The summed E-state index contributed by atoms with van der Waals surface area (Å²) < 4.78 is 0.757. The van der Waals surface area contributed by atoms with Gasteiger partial charge in [0.25, 0.3) is 0 Å². The minimum Gasteiger partial charge on any atom is -0.388 e. The lowest BCUT2D eigenvalue weighted by atomic mass is 10.4. The van der Waals surface area contributed by atoms with Gasteiger partial charge in [0, 0.05) is 4.48 Å². The van der Waals surface area contributed by atoms with E-state index in [4.69, 9.17) is 5.11 Å². The van der Waals surface area contributed by atoms with Crippen molar-refractivity contribution >= 4 is 31.9 Å². The standard InChI is InChI=1S/C4H6Br2O/c1-3(7)4(6)2-5/h2-3,7H,1H3/b4-2+. The van der Waals surface area contributed by atoms with E-state index in [0.29, 0.717) is 0 Å². The highest BCUT2D eigenvalue weighted by Crippen LogP contribution is 2.11. The van der Waals surface area contributed by atoms with Crippen LogP contribution in [0, 0.1) is 0 Å². The molecular formula is C4H6Br2O. The monoisotopic (exact) mass is 228 g/mol. The van der Waals surface area contributed by atoms with Crippen LogP contribution in [-0.4, -0.2) is 11.2 Å². The molecule has 42 valence electrons. The van der Waals surface area contributed by atoms with Gasteiger partial charge in [0.1, 0.15) is 0 Å². The van der Waals surface area contributed by atoms with E-state index >= 15 is 0 Å². The van der Waals surface area contributed by atoms with E-state index in [-0.39, 0.29) is 0 Å². The van der Waals surface area contributed by atoms with Crippen LogP contribution in [0.15, 0.2) is 9.47 Å². The second kappa shape index (κ2) is 3.64.